The molecule has 0 radical (unpaired) electrons. The van der Waals surface area contributed by atoms with E-state index in [-0.39, 0.29) is 17.6 Å². The van der Waals surface area contributed by atoms with E-state index in [9.17, 15) is 9.90 Å². The largest absolute Gasteiger partial charge is 0.504 e. The number of carbonyl (C=O) groups excluding carboxylic acids is 1. The van der Waals surface area contributed by atoms with Crippen LogP contribution in [0.2, 0.25) is 0 Å². The SMILES string of the molecule is COC(=O)C1CCOc2c(O)cccc21. The van der Waals surface area contributed by atoms with Crippen molar-refractivity contribution in [3.8, 4) is 11.5 Å². The van der Waals surface area contributed by atoms with Gasteiger partial charge in [-0.1, -0.05) is 12.1 Å². The Labute approximate surface area is 87.4 Å². The Hall–Kier alpha value is -1.71. The maximum atomic E-state index is 11.5. The summed E-state index contributed by atoms with van der Waals surface area (Å²) in [5.41, 5.74) is 0.702. The maximum absolute atomic E-state index is 11.5. The number of aromatic hydroxyl groups is 1. The van der Waals surface area contributed by atoms with Crippen molar-refractivity contribution in [3.63, 3.8) is 0 Å². The lowest BCUT2D eigenvalue weighted by Crippen LogP contribution is -2.22. The molecular weight excluding hydrogens is 196 g/mol. The first-order chi connectivity index (χ1) is 7.24. The van der Waals surface area contributed by atoms with E-state index in [4.69, 9.17) is 9.47 Å². The minimum Gasteiger partial charge on any atom is -0.504 e. The van der Waals surface area contributed by atoms with Crippen LogP contribution in [0.3, 0.4) is 0 Å². The van der Waals surface area contributed by atoms with Crippen LogP contribution in [0.4, 0.5) is 0 Å². The standard InChI is InChI=1S/C11H12O4/c1-14-11(13)8-5-6-15-10-7(8)3-2-4-9(10)12/h2-4,8,12H,5-6H2,1H3. The van der Waals surface area contributed by atoms with Crippen molar-refractivity contribution in [2.75, 3.05) is 13.7 Å². The van der Waals surface area contributed by atoms with Gasteiger partial charge in [0.25, 0.3) is 0 Å². The lowest BCUT2D eigenvalue weighted by molar-refractivity contribution is -0.143. The van der Waals surface area contributed by atoms with Crippen molar-refractivity contribution in [1.82, 2.24) is 0 Å². The summed E-state index contributed by atoms with van der Waals surface area (Å²) in [6.07, 6.45) is 0.586. The number of ether oxygens (including phenoxy) is 2. The van der Waals surface area contributed by atoms with E-state index in [0.29, 0.717) is 24.3 Å². The zero-order chi connectivity index (χ0) is 10.8. The van der Waals surface area contributed by atoms with E-state index in [1.807, 2.05) is 0 Å². The minimum atomic E-state index is -0.328. The highest BCUT2D eigenvalue weighted by Crippen LogP contribution is 2.39. The molecule has 0 fully saturated rings. The van der Waals surface area contributed by atoms with E-state index in [1.54, 1.807) is 18.2 Å². The topological polar surface area (TPSA) is 55.8 Å². The molecule has 80 valence electrons. The number of hydrogen-bond acceptors (Lipinski definition) is 4. The van der Waals surface area contributed by atoms with Crippen molar-refractivity contribution in [3.05, 3.63) is 23.8 Å². The molecule has 4 nitrogen and oxygen atoms in total. The average Bonchev–Trinajstić information content (AvgIpc) is 2.28. The molecule has 1 N–H and O–H groups in total. The van der Waals surface area contributed by atoms with E-state index >= 15 is 0 Å². The van der Waals surface area contributed by atoms with Gasteiger partial charge in [0.1, 0.15) is 0 Å². The van der Waals surface area contributed by atoms with Gasteiger partial charge >= 0.3 is 5.97 Å². The Morgan fingerprint density at radius 1 is 1.60 bits per heavy atom. The second-order valence-corrected chi connectivity index (χ2v) is 3.41. The molecule has 0 aromatic heterocycles. The van der Waals surface area contributed by atoms with Crippen molar-refractivity contribution in [2.45, 2.75) is 12.3 Å². The minimum absolute atomic E-state index is 0.0705. The Balaban J connectivity index is 2.42. The fraction of sp³-hybridized carbons (Fsp3) is 0.364. The van der Waals surface area contributed by atoms with Gasteiger partial charge in [0, 0.05) is 5.56 Å². The van der Waals surface area contributed by atoms with Crippen molar-refractivity contribution >= 4 is 5.97 Å². The molecule has 0 saturated carbocycles. The lowest BCUT2D eigenvalue weighted by atomic mass is 9.93. The molecule has 0 bridgehead atoms. The molecule has 0 spiro atoms. The second kappa shape index (κ2) is 3.81. The quantitative estimate of drug-likeness (QED) is 0.709. The summed E-state index contributed by atoms with van der Waals surface area (Å²) in [6, 6.07) is 5.01. The van der Waals surface area contributed by atoms with Crippen molar-refractivity contribution in [1.29, 1.82) is 0 Å². The van der Waals surface area contributed by atoms with E-state index < -0.39 is 0 Å². The number of para-hydroxylation sites is 1. The normalized spacial score (nSPS) is 18.9. The van der Waals surface area contributed by atoms with Crippen LogP contribution < -0.4 is 4.74 Å². The van der Waals surface area contributed by atoms with E-state index in [2.05, 4.69) is 0 Å². The van der Waals surface area contributed by atoms with Gasteiger partial charge in [0.15, 0.2) is 11.5 Å². The first-order valence-corrected chi connectivity index (χ1v) is 4.76. The molecule has 1 aliphatic rings. The summed E-state index contributed by atoms with van der Waals surface area (Å²) in [4.78, 5) is 11.5. The summed E-state index contributed by atoms with van der Waals surface area (Å²) >= 11 is 0. The molecule has 1 aromatic carbocycles. The number of phenolic OH excluding ortho intramolecular Hbond substituents is 1. The Kier molecular flexibility index (Phi) is 2.49. The van der Waals surface area contributed by atoms with Gasteiger partial charge in [0.2, 0.25) is 0 Å². The van der Waals surface area contributed by atoms with Gasteiger partial charge in [-0.3, -0.25) is 4.79 Å². The third-order valence-electron chi connectivity index (χ3n) is 2.54. The van der Waals surface area contributed by atoms with Crippen LogP contribution in [0, 0.1) is 0 Å². The van der Waals surface area contributed by atoms with E-state index in [1.165, 1.54) is 7.11 Å². The average molecular weight is 208 g/mol. The summed E-state index contributed by atoms with van der Waals surface area (Å²) in [6.45, 7) is 0.421. The highest BCUT2D eigenvalue weighted by atomic mass is 16.5. The number of rotatable bonds is 1. The number of hydrogen-bond donors (Lipinski definition) is 1. The monoisotopic (exact) mass is 208 g/mol. The molecule has 15 heavy (non-hydrogen) atoms. The van der Waals surface area contributed by atoms with Gasteiger partial charge < -0.3 is 14.6 Å². The summed E-state index contributed by atoms with van der Waals surface area (Å²) in [5.74, 6) is -0.142. The van der Waals surface area contributed by atoms with Crippen LogP contribution in [-0.4, -0.2) is 24.8 Å². The molecule has 0 aliphatic carbocycles. The van der Waals surface area contributed by atoms with Gasteiger partial charge in [0.05, 0.1) is 19.6 Å². The lowest BCUT2D eigenvalue weighted by Gasteiger charge is -2.24. The number of phenols is 1. The number of esters is 1. The third-order valence-corrected chi connectivity index (χ3v) is 2.54. The van der Waals surface area contributed by atoms with Crippen LogP contribution in [0.1, 0.15) is 17.9 Å². The molecule has 1 aliphatic heterocycles. The first kappa shape index (κ1) is 9.83. The molecule has 1 unspecified atom stereocenters. The van der Waals surface area contributed by atoms with Crippen LogP contribution in [0.5, 0.6) is 11.5 Å². The number of carbonyl (C=O) groups is 1. The molecular formula is C11H12O4. The zero-order valence-electron chi connectivity index (χ0n) is 8.40. The second-order valence-electron chi connectivity index (χ2n) is 3.41. The molecule has 1 aromatic rings. The van der Waals surface area contributed by atoms with Crippen LogP contribution in [0.25, 0.3) is 0 Å². The Bertz CT molecular complexity index is 386. The van der Waals surface area contributed by atoms with E-state index in [0.717, 1.165) is 0 Å². The van der Waals surface area contributed by atoms with Crippen LogP contribution in [0.15, 0.2) is 18.2 Å². The van der Waals surface area contributed by atoms with Crippen molar-refractivity contribution < 1.29 is 19.4 Å². The van der Waals surface area contributed by atoms with Gasteiger partial charge in [-0.2, -0.15) is 0 Å². The molecule has 2 rings (SSSR count). The predicted molar refractivity (Wildman–Crippen MR) is 53.0 cm³/mol. The predicted octanol–water partition coefficient (Wildman–Crippen LogP) is 1.43. The summed E-state index contributed by atoms with van der Waals surface area (Å²) in [7, 11) is 1.36. The summed E-state index contributed by atoms with van der Waals surface area (Å²) < 4.78 is 10.0. The molecule has 0 amide bonds. The number of benzene rings is 1. The van der Waals surface area contributed by atoms with Gasteiger partial charge in [-0.15, -0.1) is 0 Å². The molecule has 1 heterocycles. The fourth-order valence-corrected chi connectivity index (χ4v) is 1.80. The van der Waals surface area contributed by atoms with Gasteiger partial charge in [-0.05, 0) is 12.5 Å². The smallest absolute Gasteiger partial charge is 0.313 e. The maximum Gasteiger partial charge on any atom is 0.313 e. The Morgan fingerprint density at radius 3 is 3.13 bits per heavy atom. The number of methoxy groups -OCH3 is 1. The highest BCUT2D eigenvalue weighted by molar-refractivity contribution is 5.80. The highest BCUT2D eigenvalue weighted by Gasteiger charge is 2.29. The molecule has 1 atom stereocenters. The van der Waals surface area contributed by atoms with Crippen LogP contribution >= 0.6 is 0 Å². The first-order valence-electron chi connectivity index (χ1n) is 4.76. The zero-order valence-corrected chi connectivity index (χ0v) is 8.40. The summed E-state index contributed by atoms with van der Waals surface area (Å²) in [5, 5.41) is 9.55. The fourth-order valence-electron chi connectivity index (χ4n) is 1.80. The molecule has 4 heteroatoms. The van der Waals surface area contributed by atoms with Gasteiger partial charge in [-0.25, -0.2) is 0 Å². The van der Waals surface area contributed by atoms with Crippen molar-refractivity contribution in [2.24, 2.45) is 0 Å². The molecule has 0 saturated heterocycles. The van der Waals surface area contributed by atoms with Crippen LogP contribution in [-0.2, 0) is 9.53 Å². The Morgan fingerprint density at radius 2 is 2.40 bits per heavy atom. The number of fused-ring (bicyclic) bond motifs is 1. The third kappa shape index (κ3) is 1.63.